The first-order valence-corrected chi connectivity index (χ1v) is 5.50. The molecule has 4 heteroatoms. The molecule has 92 valence electrons. The van der Waals surface area contributed by atoms with Crippen LogP contribution in [0.5, 0.6) is 0 Å². The number of carbonyl (C=O) groups is 1. The average molecular weight is 244 g/mol. The lowest BCUT2D eigenvalue weighted by Crippen LogP contribution is -2.31. The Hall–Kier alpha value is -2.36. The number of halogens is 1. The van der Waals surface area contributed by atoms with Crippen LogP contribution < -0.4 is 10.6 Å². The van der Waals surface area contributed by atoms with Gasteiger partial charge in [0.05, 0.1) is 11.4 Å². The van der Waals surface area contributed by atoms with E-state index < -0.39 is 6.03 Å². The van der Waals surface area contributed by atoms with Crippen LogP contribution in [-0.2, 0) is 0 Å². The van der Waals surface area contributed by atoms with Gasteiger partial charge in [0.2, 0.25) is 0 Å². The van der Waals surface area contributed by atoms with E-state index in [0.717, 1.165) is 5.56 Å². The third kappa shape index (κ3) is 2.48. The van der Waals surface area contributed by atoms with Crippen molar-refractivity contribution in [2.24, 2.45) is 5.73 Å². The zero-order valence-corrected chi connectivity index (χ0v) is 9.93. The van der Waals surface area contributed by atoms with Crippen LogP contribution in [0.15, 0.2) is 48.5 Å². The Bertz CT molecular complexity index is 504. The van der Waals surface area contributed by atoms with E-state index in [4.69, 9.17) is 5.73 Å². The molecule has 0 saturated heterocycles. The highest BCUT2D eigenvalue weighted by Crippen LogP contribution is 2.25. The molecule has 2 N–H and O–H groups in total. The van der Waals surface area contributed by atoms with Gasteiger partial charge in [0.1, 0.15) is 5.82 Å². The van der Waals surface area contributed by atoms with Crippen molar-refractivity contribution in [1.82, 2.24) is 0 Å². The molecule has 2 amide bonds. The summed E-state index contributed by atoms with van der Waals surface area (Å²) >= 11 is 0. The van der Waals surface area contributed by atoms with Crippen molar-refractivity contribution >= 4 is 17.4 Å². The second-order valence-electron chi connectivity index (χ2n) is 3.99. The molecular weight excluding hydrogens is 231 g/mol. The lowest BCUT2D eigenvalue weighted by Gasteiger charge is -2.20. The normalized spacial score (nSPS) is 10.1. The number of aryl methyl sites for hydroxylation is 1. The molecule has 0 unspecified atom stereocenters. The fourth-order valence-electron chi connectivity index (χ4n) is 1.69. The molecule has 0 saturated carbocycles. The first-order valence-electron chi connectivity index (χ1n) is 5.50. The smallest absolute Gasteiger partial charge is 0.323 e. The fourth-order valence-corrected chi connectivity index (χ4v) is 1.69. The third-order valence-corrected chi connectivity index (χ3v) is 2.60. The average Bonchev–Trinajstić information content (AvgIpc) is 2.34. The van der Waals surface area contributed by atoms with Gasteiger partial charge in [0.25, 0.3) is 0 Å². The van der Waals surface area contributed by atoms with E-state index >= 15 is 0 Å². The van der Waals surface area contributed by atoms with Crippen molar-refractivity contribution in [3.8, 4) is 0 Å². The molecule has 0 aromatic heterocycles. The van der Waals surface area contributed by atoms with Crippen molar-refractivity contribution in [3.63, 3.8) is 0 Å². The summed E-state index contributed by atoms with van der Waals surface area (Å²) in [7, 11) is 0. The highest BCUT2D eigenvalue weighted by Gasteiger charge is 2.14. The van der Waals surface area contributed by atoms with Crippen LogP contribution in [0.4, 0.5) is 20.6 Å². The van der Waals surface area contributed by atoms with E-state index in [0.29, 0.717) is 11.4 Å². The van der Waals surface area contributed by atoms with Crippen LogP contribution in [-0.4, -0.2) is 6.03 Å². The molecule has 2 aromatic carbocycles. The molecule has 0 atom stereocenters. The quantitative estimate of drug-likeness (QED) is 0.865. The maximum absolute atomic E-state index is 12.9. The lowest BCUT2D eigenvalue weighted by atomic mass is 10.2. The molecule has 18 heavy (non-hydrogen) atoms. The Morgan fingerprint density at radius 1 is 1.00 bits per heavy atom. The van der Waals surface area contributed by atoms with Crippen LogP contribution in [0.2, 0.25) is 0 Å². The predicted octanol–water partition coefficient (Wildman–Crippen LogP) is 3.35. The standard InChI is InChI=1S/C14H13FN2O/c1-10-2-6-12(7-3-10)17(14(16)18)13-8-4-11(15)5-9-13/h2-9H,1H3,(H2,16,18). The summed E-state index contributed by atoms with van der Waals surface area (Å²) in [5, 5.41) is 0. The number of urea groups is 1. The zero-order chi connectivity index (χ0) is 13.1. The minimum absolute atomic E-state index is 0.355. The van der Waals surface area contributed by atoms with Crippen molar-refractivity contribution in [2.75, 3.05) is 4.90 Å². The van der Waals surface area contributed by atoms with Crippen molar-refractivity contribution in [2.45, 2.75) is 6.92 Å². The number of primary amides is 1. The van der Waals surface area contributed by atoms with Gasteiger partial charge >= 0.3 is 6.03 Å². The van der Waals surface area contributed by atoms with Gasteiger partial charge in [-0.25, -0.2) is 9.18 Å². The largest absolute Gasteiger partial charge is 0.351 e. The maximum Gasteiger partial charge on any atom is 0.323 e. The van der Waals surface area contributed by atoms with Gasteiger partial charge in [-0.2, -0.15) is 0 Å². The number of anilines is 2. The maximum atomic E-state index is 12.9. The summed E-state index contributed by atoms with van der Waals surface area (Å²) in [6.45, 7) is 1.95. The van der Waals surface area contributed by atoms with Crippen LogP contribution in [0.1, 0.15) is 5.56 Å². The molecule has 0 aliphatic heterocycles. The molecule has 2 rings (SSSR count). The van der Waals surface area contributed by atoms with E-state index in [1.807, 2.05) is 19.1 Å². The number of hydrogen-bond acceptors (Lipinski definition) is 1. The van der Waals surface area contributed by atoms with Gasteiger partial charge in [0, 0.05) is 0 Å². The highest BCUT2D eigenvalue weighted by atomic mass is 19.1. The number of amides is 2. The number of benzene rings is 2. The number of nitrogens with zero attached hydrogens (tertiary/aromatic N) is 1. The summed E-state index contributed by atoms with van der Waals surface area (Å²) in [6.07, 6.45) is 0. The van der Waals surface area contributed by atoms with Crippen LogP contribution in [0, 0.1) is 12.7 Å². The Morgan fingerprint density at radius 2 is 1.44 bits per heavy atom. The monoisotopic (exact) mass is 244 g/mol. The second kappa shape index (κ2) is 4.87. The van der Waals surface area contributed by atoms with E-state index in [9.17, 15) is 9.18 Å². The second-order valence-corrected chi connectivity index (χ2v) is 3.99. The molecule has 0 spiro atoms. The van der Waals surface area contributed by atoms with Crippen molar-refractivity contribution in [3.05, 3.63) is 59.9 Å². The summed E-state index contributed by atoms with van der Waals surface area (Å²) in [6, 6.07) is 12.4. The zero-order valence-electron chi connectivity index (χ0n) is 9.93. The minimum Gasteiger partial charge on any atom is -0.351 e. The molecule has 2 aromatic rings. The summed E-state index contributed by atoms with van der Waals surface area (Å²) in [4.78, 5) is 12.9. The summed E-state index contributed by atoms with van der Waals surface area (Å²) in [5.41, 5.74) is 7.64. The molecule has 3 nitrogen and oxygen atoms in total. The van der Waals surface area contributed by atoms with Gasteiger partial charge in [0.15, 0.2) is 0 Å². The van der Waals surface area contributed by atoms with Gasteiger partial charge in [-0.05, 0) is 43.3 Å². The highest BCUT2D eigenvalue weighted by molar-refractivity contribution is 5.98. The Kier molecular flexibility index (Phi) is 3.28. The SMILES string of the molecule is Cc1ccc(N(C(N)=O)c2ccc(F)cc2)cc1. The predicted molar refractivity (Wildman–Crippen MR) is 69.3 cm³/mol. The number of carbonyl (C=O) groups excluding carboxylic acids is 1. The molecule has 0 aliphatic carbocycles. The number of rotatable bonds is 2. The third-order valence-electron chi connectivity index (χ3n) is 2.60. The molecule has 0 heterocycles. The Labute approximate surface area is 105 Å². The van der Waals surface area contributed by atoms with Gasteiger partial charge in [-0.15, -0.1) is 0 Å². The molecule has 0 radical (unpaired) electrons. The first-order chi connectivity index (χ1) is 8.58. The Balaban J connectivity index is 2.43. The molecular formula is C14H13FN2O. The summed E-state index contributed by atoms with van der Waals surface area (Å²) < 4.78 is 12.9. The lowest BCUT2D eigenvalue weighted by molar-refractivity contribution is 0.256. The molecule has 0 bridgehead atoms. The molecule has 0 aliphatic rings. The Morgan fingerprint density at radius 3 is 1.89 bits per heavy atom. The van der Waals surface area contributed by atoms with Gasteiger partial charge < -0.3 is 5.73 Å². The molecule has 0 fully saturated rings. The van der Waals surface area contributed by atoms with Crippen LogP contribution >= 0.6 is 0 Å². The first kappa shape index (κ1) is 12.1. The minimum atomic E-state index is -0.606. The van der Waals surface area contributed by atoms with Crippen LogP contribution in [0.3, 0.4) is 0 Å². The van der Waals surface area contributed by atoms with Gasteiger partial charge in [-0.3, -0.25) is 4.90 Å². The number of hydrogen-bond donors (Lipinski definition) is 1. The van der Waals surface area contributed by atoms with Crippen molar-refractivity contribution < 1.29 is 9.18 Å². The topological polar surface area (TPSA) is 46.3 Å². The summed E-state index contributed by atoms with van der Waals surface area (Å²) in [5.74, 6) is -0.355. The van der Waals surface area contributed by atoms with Crippen molar-refractivity contribution in [1.29, 1.82) is 0 Å². The van der Waals surface area contributed by atoms with E-state index in [2.05, 4.69) is 0 Å². The number of nitrogens with two attached hydrogens (primary N) is 1. The van der Waals surface area contributed by atoms with E-state index in [-0.39, 0.29) is 5.82 Å². The van der Waals surface area contributed by atoms with E-state index in [1.165, 1.54) is 29.2 Å². The van der Waals surface area contributed by atoms with Crippen LogP contribution in [0.25, 0.3) is 0 Å². The fraction of sp³-hybridized carbons (Fsp3) is 0.0714. The van der Waals surface area contributed by atoms with E-state index in [1.54, 1.807) is 12.1 Å². The van der Waals surface area contributed by atoms with Gasteiger partial charge in [-0.1, -0.05) is 17.7 Å².